The largest absolute Gasteiger partial charge is 0.273 e. The van der Waals surface area contributed by atoms with Crippen LogP contribution in [0.3, 0.4) is 0 Å². The zero-order valence-electron chi connectivity index (χ0n) is 18.5. The Kier molecular flexibility index (Phi) is 6.07. The Balaban J connectivity index is 1.72. The van der Waals surface area contributed by atoms with Crippen LogP contribution >= 0.6 is 34.8 Å². The zero-order chi connectivity index (χ0) is 24.0. The van der Waals surface area contributed by atoms with Crippen molar-refractivity contribution in [3.05, 3.63) is 98.6 Å². The van der Waals surface area contributed by atoms with Crippen molar-refractivity contribution >= 4 is 57.3 Å². The summed E-state index contributed by atoms with van der Waals surface area (Å²) in [5, 5.41) is 9.02. The molecule has 1 aliphatic rings. The van der Waals surface area contributed by atoms with Gasteiger partial charge in [-0.15, -0.1) is 0 Å². The van der Waals surface area contributed by atoms with E-state index in [1.165, 1.54) is 11.9 Å². The molecule has 0 saturated heterocycles. The van der Waals surface area contributed by atoms with Gasteiger partial charge in [-0.1, -0.05) is 71.2 Å². The molecule has 0 N–H and O–H groups in total. The number of aryl methyl sites for hydroxylation is 1. The van der Waals surface area contributed by atoms with Crippen LogP contribution in [0.2, 0.25) is 15.1 Å². The number of para-hydroxylation sites is 1. The number of benzene rings is 3. The number of nitrogens with zero attached hydrogens (tertiary/aromatic N) is 3. The molecule has 1 aliphatic heterocycles. The first-order valence-corrected chi connectivity index (χ1v) is 11.9. The number of aromatic nitrogens is 1. The fraction of sp³-hybridized carbons (Fsp3) is 0.148. The van der Waals surface area contributed by atoms with E-state index >= 15 is 0 Å². The number of hydrazone groups is 1. The van der Waals surface area contributed by atoms with Crippen LogP contribution < -0.4 is 0 Å². The summed E-state index contributed by atoms with van der Waals surface area (Å²) >= 11 is 18.8. The molecule has 2 heterocycles. The average Bonchev–Trinajstić information content (AvgIpc) is 3.24. The number of hydrogen-bond acceptors (Lipinski definition) is 3. The van der Waals surface area contributed by atoms with E-state index in [-0.39, 0.29) is 11.9 Å². The number of carbonyl (C=O) groups excluding carboxylic acids is 1. The highest BCUT2D eigenvalue weighted by atomic mass is 35.5. The molecule has 4 nitrogen and oxygen atoms in total. The summed E-state index contributed by atoms with van der Waals surface area (Å²) in [4.78, 5) is 17.5. The number of hydrogen-bond donors (Lipinski definition) is 0. The van der Waals surface area contributed by atoms with E-state index in [1.54, 1.807) is 12.1 Å². The minimum atomic E-state index is -0.332. The van der Waals surface area contributed by atoms with E-state index in [4.69, 9.17) is 44.9 Å². The van der Waals surface area contributed by atoms with Crippen molar-refractivity contribution in [2.45, 2.75) is 26.3 Å². The lowest BCUT2D eigenvalue weighted by molar-refractivity contribution is -0.130. The van der Waals surface area contributed by atoms with Gasteiger partial charge in [0.2, 0.25) is 5.91 Å². The van der Waals surface area contributed by atoms with Gasteiger partial charge in [0.05, 0.1) is 17.3 Å². The lowest BCUT2D eigenvalue weighted by Crippen LogP contribution is -2.24. The van der Waals surface area contributed by atoms with Crippen LogP contribution in [0, 0.1) is 6.92 Å². The van der Waals surface area contributed by atoms with Gasteiger partial charge in [0.15, 0.2) is 0 Å². The first-order valence-electron chi connectivity index (χ1n) is 10.8. The van der Waals surface area contributed by atoms with Crippen LogP contribution in [-0.4, -0.2) is 21.6 Å². The predicted molar refractivity (Wildman–Crippen MR) is 140 cm³/mol. The Hall–Kier alpha value is -2.92. The lowest BCUT2D eigenvalue weighted by atomic mass is 9.89. The van der Waals surface area contributed by atoms with Crippen LogP contribution in [-0.2, 0) is 4.79 Å². The topological polar surface area (TPSA) is 45.6 Å². The number of rotatable bonds is 3. The van der Waals surface area contributed by atoms with Gasteiger partial charge in [-0.2, -0.15) is 5.10 Å². The highest BCUT2D eigenvalue weighted by Crippen LogP contribution is 2.41. The molecule has 0 aliphatic carbocycles. The molecular weight excluding hydrogens is 489 g/mol. The molecule has 3 aromatic carbocycles. The minimum Gasteiger partial charge on any atom is -0.273 e. The Morgan fingerprint density at radius 2 is 1.65 bits per heavy atom. The number of halogens is 3. The quantitative estimate of drug-likeness (QED) is 0.283. The SMILES string of the molecule is CC(=O)N1N=C(c2c(C)nc3ccccc3c2-c2ccc(Cl)cc2)C[C@H]1c1ccc(Cl)cc1Cl. The maximum absolute atomic E-state index is 12.6. The van der Waals surface area contributed by atoms with E-state index in [0.29, 0.717) is 21.5 Å². The second-order valence-electron chi connectivity index (χ2n) is 8.27. The van der Waals surface area contributed by atoms with Crippen LogP contribution in [0.25, 0.3) is 22.0 Å². The number of pyridine rings is 1. The Labute approximate surface area is 212 Å². The van der Waals surface area contributed by atoms with Gasteiger partial charge in [-0.3, -0.25) is 9.78 Å². The van der Waals surface area contributed by atoms with Crippen molar-refractivity contribution in [1.82, 2.24) is 9.99 Å². The molecule has 34 heavy (non-hydrogen) atoms. The summed E-state index contributed by atoms with van der Waals surface area (Å²) in [5.41, 5.74) is 6.27. The molecule has 0 radical (unpaired) electrons. The summed E-state index contributed by atoms with van der Waals surface area (Å²) in [6.45, 7) is 3.49. The van der Waals surface area contributed by atoms with Gasteiger partial charge in [0.1, 0.15) is 0 Å². The highest BCUT2D eigenvalue weighted by molar-refractivity contribution is 6.35. The molecule has 1 atom stereocenters. The molecule has 0 spiro atoms. The normalized spacial score (nSPS) is 15.6. The summed E-state index contributed by atoms with van der Waals surface area (Å²) in [6.07, 6.45) is 0.502. The molecule has 170 valence electrons. The monoisotopic (exact) mass is 507 g/mol. The van der Waals surface area contributed by atoms with E-state index in [0.717, 1.165) is 44.6 Å². The summed E-state index contributed by atoms with van der Waals surface area (Å²) in [7, 11) is 0. The Morgan fingerprint density at radius 3 is 2.35 bits per heavy atom. The van der Waals surface area contributed by atoms with Crippen LogP contribution in [0.4, 0.5) is 0 Å². The fourth-order valence-electron chi connectivity index (χ4n) is 4.57. The summed E-state index contributed by atoms with van der Waals surface area (Å²) in [6, 6.07) is 20.8. The van der Waals surface area contributed by atoms with Gasteiger partial charge in [0.25, 0.3) is 0 Å². The third kappa shape index (κ3) is 4.07. The molecule has 5 rings (SSSR count). The molecule has 0 saturated carbocycles. The highest BCUT2D eigenvalue weighted by Gasteiger charge is 2.34. The number of fused-ring (bicyclic) bond motifs is 1. The number of amides is 1. The third-order valence-corrected chi connectivity index (χ3v) is 6.86. The van der Waals surface area contributed by atoms with Crippen LogP contribution in [0.1, 0.15) is 36.2 Å². The second-order valence-corrected chi connectivity index (χ2v) is 9.55. The van der Waals surface area contributed by atoms with Gasteiger partial charge in [0, 0.05) is 50.6 Å². The average molecular weight is 509 g/mol. The second kappa shape index (κ2) is 9.03. The molecule has 0 bridgehead atoms. The Bertz CT molecular complexity index is 1460. The first-order chi connectivity index (χ1) is 16.3. The fourth-order valence-corrected chi connectivity index (χ4v) is 5.23. The first kappa shape index (κ1) is 22.9. The molecular formula is C27H20Cl3N3O. The van der Waals surface area contributed by atoms with E-state index < -0.39 is 0 Å². The van der Waals surface area contributed by atoms with Crippen molar-refractivity contribution in [2.75, 3.05) is 0 Å². The molecule has 7 heteroatoms. The standard InChI is InChI=1S/C27H20Cl3N3O/c1-15-26(24-14-25(33(32-24)16(2)34)20-12-11-19(29)13-22(20)30)27(17-7-9-18(28)10-8-17)21-5-3-4-6-23(21)31-15/h3-13,25H,14H2,1-2H3/t25-/m0/s1. The molecule has 0 fully saturated rings. The smallest absolute Gasteiger partial charge is 0.240 e. The molecule has 0 unspecified atom stereocenters. The van der Waals surface area contributed by atoms with Crippen molar-refractivity contribution in [3.8, 4) is 11.1 Å². The van der Waals surface area contributed by atoms with Crippen molar-refractivity contribution in [3.63, 3.8) is 0 Å². The van der Waals surface area contributed by atoms with Gasteiger partial charge in [-0.25, -0.2) is 5.01 Å². The number of carbonyl (C=O) groups is 1. The van der Waals surface area contributed by atoms with Crippen LogP contribution in [0.15, 0.2) is 71.8 Å². The maximum atomic E-state index is 12.6. The maximum Gasteiger partial charge on any atom is 0.240 e. The third-order valence-electron chi connectivity index (χ3n) is 6.05. The lowest BCUT2D eigenvalue weighted by Gasteiger charge is -2.21. The van der Waals surface area contributed by atoms with E-state index in [9.17, 15) is 4.79 Å². The minimum absolute atomic E-state index is 0.162. The van der Waals surface area contributed by atoms with Gasteiger partial charge < -0.3 is 0 Å². The molecule has 1 amide bonds. The van der Waals surface area contributed by atoms with Crippen LogP contribution in [0.5, 0.6) is 0 Å². The van der Waals surface area contributed by atoms with Crippen molar-refractivity contribution < 1.29 is 4.79 Å². The van der Waals surface area contributed by atoms with Crippen molar-refractivity contribution in [2.24, 2.45) is 5.10 Å². The summed E-state index contributed by atoms with van der Waals surface area (Å²) < 4.78 is 0. The zero-order valence-corrected chi connectivity index (χ0v) is 20.8. The van der Waals surface area contributed by atoms with E-state index in [1.807, 2.05) is 55.5 Å². The van der Waals surface area contributed by atoms with Gasteiger partial charge in [-0.05, 0) is 48.4 Å². The molecule has 4 aromatic rings. The molecule has 1 aromatic heterocycles. The Morgan fingerprint density at radius 1 is 0.941 bits per heavy atom. The van der Waals surface area contributed by atoms with Crippen molar-refractivity contribution in [1.29, 1.82) is 0 Å². The predicted octanol–water partition coefficient (Wildman–Crippen LogP) is 7.87. The van der Waals surface area contributed by atoms with Gasteiger partial charge >= 0.3 is 0 Å². The van der Waals surface area contributed by atoms with E-state index in [2.05, 4.69) is 6.07 Å². The summed E-state index contributed by atoms with van der Waals surface area (Å²) in [5.74, 6) is -0.162.